The fraction of sp³-hybridized carbons (Fsp3) is 0.966. The van der Waals surface area contributed by atoms with E-state index in [2.05, 4.69) is 39.9 Å². The molecule has 4 saturated carbocycles. The molecule has 0 aromatic rings. The molecule has 1 amide bonds. The Morgan fingerprint density at radius 1 is 0.903 bits per heavy atom. The molecule has 0 saturated heterocycles. The van der Waals surface area contributed by atoms with E-state index < -0.39 is 0 Å². The summed E-state index contributed by atoms with van der Waals surface area (Å²) in [6.45, 7) is 14.4. The second-order valence-electron chi connectivity index (χ2n) is 13.3. The van der Waals surface area contributed by atoms with Crippen LogP contribution in [0.25, 0.3) is 0 Å². The van der Waals surface area contributed by atoms with E-state index in [1.165, 1.54) is 77.0 Å². The number of carbonyl (C=O) groups is 1. The van der Waals surface area contributed by atoms with Crippen molar-refractivity contribution in [2.75, 3.05) is 0 Å². The molecule has 2 nitrogen and oxygen atoms in total. The third kappa shape index (κ3) is 4.23. The molecule has 0 aromatic carbocycles. The lowest BCUT2D eigenvalue weighted by molar-refractivity contribution is -0.136. The van der Waals surface area contributed by atoms with Gasteiger partial charge in [0, 0.05) is 13.0 Å². The first-order chi connectivity index (χ1) is 14.7. The van der Waals surface area contributed by atoms with Crippen molar-refractivity contribution in [1.29, 1.82) is 0 Å². The zero-order valence-corrected chi connectivity index (χ0v) is 21.5. The van der Waals surface area contributed by atoms with Gasteiger partial charge in [-0.15, -0.1) is 0 Å². The van der Waals surface area contributed by atoms with E-state index in [-0.39, 0.29) is 5.91 Å². The lowest BCUT2D eigenvalue weighted by Crippen LogP contribution is -2.60. The second-order valence-corrected chi connectivity index (χ2v) is 13.3. The molecular formula is C29H51NO. The van der Waals surface area contributed by atoms with Crippen LogP contribution in [0.2, 0.25) is 0 Å². The molecule has 1 N–H and O–H groups in total. The van der Waals surface area contributed by atoms with Gasteiger partial charge in [-0.1, -0.05) is 66.7 Å². The van der Waals surface area contributed by atoms with Gasteiger partial charge in [0.1, 0.15) is 0 Å². The number of amides is 1. The van der Waals surface area contributed by atoms with Crippen molar-refractivity contribution in [2.24, 2.45) is 52.3 Å². The largest absolute Gasteiger partial charge is 0.353 e. The van der Waals surface area contributed by atoms with Crippen molar-refractivity contribution < 1.29 is 4.79 Å². The van der Waals surface area contributed by atoms with Gasteiger partial charge >= 0.3 is 0 Å². The normalized spacial score (nSPS) is 45.5. The van der Waals surface area contributed by atoms with Crippen LogP contribution in [-0.2, 0) is 4.79 Å². The zero-order chi connectivity index (χ0) is 22.4. The average molecular weight is 430 g/mol. The lowest BCUT2D eigenvalue weighted by atomic mass is 9.43. The molecular weight excluding hydrogens is 378 g/mol. The van der Waals surface area contributed by atoms with Gasteiger partial charge in [0.2, 0.25) is 5.91 Å². The Kier molecular flexibility index (Phi) is 6.87. The number of nitrogens with one attached hydrogen (secondary N) is 1. The molecule has 0 spiro atoms. The molecule has 0 heterocycles. The summed E-state index contributed by atoms with van der Waals surface area (Å²) in [5.41, 5.74) is 0.994. The minimum atomic E-state index is 0.193. The summed E-state index contributed by atoms with van der Waals surface area (Å²) in [7, 11) is 0. The zero-order valence-electron chi connectivity index (χ0n) is 21.5. The highest BCUT2D eigenvalue weighted by molar-refractivity contribution is 5.73. The van der Waals surface area contributed by atoms with Gasteiger partial charge in [-0.25, -0.2) is 0 Å². The van der Waals surface area contributed by atoms with E-state index in [1.807, 2.05) is 0 Å². The molecule has 4 fully saturated rings. The maximum atomic E-state index is 12.1. The van der Waals surface area contributed by atoms with Crippen molar-refractivity contribution in [1.82, 2.24) is 5.32 Å². The molecule has 31 heavy (non-hydrogen) atoms. The molecule has 4 rings (SSSR count). The Hall–Kier alpha value is -0.530. The van der Waals surface area contributed by atoms with Crippen LogP contribution in [-0.4, -0.2) is 11.9 Å². The standard InChI is InChI=1S/C29H51NO/c1-19(2)10-9-11-20(3)23-13-14-24-22-18-27(30-21(4)31)26-12-7-8-16-28(26,5)25(22)15-17-29(23,24)6/h19-20,22-27H,7-18H2,1-6H3,(H,30,31)/t20-,22-,23+,24-,25-,26-,27+,28-,29-/m1/s1. The highest BCUT2D eigenvalue weighted by Crippen LogP contribution is 2.68. The number of hydrogen-bond donors (Lipinski definition) is 1. The maximum Gasteiger partial charge on any atom is 0.217 e. The number of hydrogen-bond acceptors (Lipinski definition) is 1. The van der Waals surface area contributed by atoms with Gasteiger partial charge in [-0.05, 0) is 97.2 Å². The Bertz CT molecular complexity index is 643. The van der Waals surface area contributed by atoms with Gasteiger partial charge in [0.05, 0.1) is 0 Å². The van der Waals surface area contributed by atoms with Crippen molar-refractivity contribution in [3.8, 4) is 0 Å². The summed E-state index contributed by atoms with van der Waals surface area (Å²) < 4.78 is 0. The van der Waals surface area contributed by atoms with Gasteiger partial charge in [-0.2, -0.15) is 0 Å². The van der Waals surface area contributed by atoms with Crippen molar-refractivity contribution >= 4 is 5.91 Å². The first kappa shape index (κ1) is 23.6. The molecule has 0 aliphatic heterocycles. The Morgan fingerprint density at radius 3 is 2.35 bits per heavy atom. The maximum absolute atomic E-state index is 12.1. The highest BCUT2D eigenvalue weighted by Gasteiger charge is 2.61. The van der Waals surface area contributed by atoms with Crippen LogP contribution < -0.4 is 5.32 Å². The number of rotatable bonds is 6. The third-order valence-electron chi connectivity index (χ3n) is 11.2. The van der Waals surface area contributed by atoms with E-state index in [9.17, 15) is 4.79 Å². The van der Waals surface area contributed by atoms with Crippen LogP contribution in [0.5, 0.6) is 0 Å². The minimum Gasteiger partial charge on any atom is -0.353 e. The lowest BCUT2D eigenvalue weighted by Gasteiger charge is -2.62. The highest BCUT2D eigenvalue weighted by atomic mass is 16.1. The number of fused-ring (bicyclic) bond motifs is 5. The summed E-state index contributed by atoms with van der Waals surface area (Å²) in [4.78, 5) is 12.1. The van der Waals surface area contributed by atoms with Crippen LogP contribution in [0.3, 0.4) is 0 Å². The predicted octanol–water partition coefficient (Wildman–Crippen LogP) is 7.61. The van der Waals surface area contributed by atoms with Crippen LogP contribution in [0, 0.1) is 52.3 Å². The molecule has 4 aliphatic rings. The first-order valence-electron chi connectivity index (χ1n) is 13.9. The summed E-state index contributed by atoms with van der Waals surface area (Å²) in [5.74, 6) is 6.16. The van der Waals surface area contributed by atoms with Crippen molar-refractivity contribution in [3.05, 3.63) is 0 Å². The van der Waals surface area contributed by atoms with Crippen molar-refractivity contribution in [3.63, 3.8) is 0 Å². The molecule has 4 aliphatic carbocycles. The predicted molar refractivity (Wildman–Crippen MR) is 131 cm³/mol. The van der Waals surface area contributed by atoms with E-state index in [0.717, 1.165) is 35.5 Å². The monoisotopic (exact) mass is 429 g/mol. The number of carbonyl (C=O) groups excluding carboxylic acids is 1. The summed E-state index contributed by atoms with van der Waals surface area (Å²) in [6, 6.07) is 0.425. The van der Waals surface area contributed by atoms with Crippen molar-refractivity contribution in [2.45, 2.75) is 125 Å². The first-order valence-corrected chi connectivity index (χ1v) is 13.9. The Balaban J connectivity index is 1.54. The van der Waals surface area contributed by atoms with E-state index in [1.54, 1.807) is 6.92 Å². The topological polar surface area (TPSA) is 29.1 Å². The molecule has 0 bridgehead atoms. The molecule has 178 valence electrons. The quantitative estimate of drug-likeness (QED) is 0.462. The van der Waals surface area contributed by atoms with E-state index in [4.69, 9.17) is 0 Å². The Labute approximate surface area is 193 Å². The van der Waals surface area contributed by atoms with E-state index in [0.29, 0.717) is 22.8 Å². The second kappa shape index (κ2) is 9.02. The molecule has 0 unspecified atom stereocenters. The summed E-state index contributed by atoms with van der Waals surface area (Å²) in [6.07, 6.45) is 16.8. The SMILES string of the molecule is CC(=O)N[C@H]1C[C@H]2[C@@H](CC[C@@]3(C)[C@@H]2CC[C@H]3[C@H](C)CCCC(C)C)[C@@]2(C)CCCC[C@H]12. The van der Waals surface area contributed by atoms with Crippen LogP contribution in [0.15, 0.2) is 0 Å². The molecule has 9 atom stereocenters. The fourth-order valence-corrected chi connectivity index (χ4v) is 9.84. The van der Waals surface area contributed by atoms with Gasteiger partial charge in [0.25, 0.3) is 0 Å². The third-order valence-corrected chi connectivity index (χ3v) is 11.2. The smallest absolute Gasteiger partial charge is 0.217 e. The molecule has 0 aromatic heterocycles. The molecule has 2 heteroatoms. The van der Waals surface area contributed by atoms with Crippen LogP contribution >= 0.6 is 0 Å². The van der Waals surface area contributed by atoms with Crippen LogP contribution in [0.1, 0.15) is 119 Å². The van der Waals surface area contributed by atoms with E-state index >= 15 is 0 Å². The fourth-order valence-electron chi connectivity index (χ4n) is 9.84. The van der Waals surface area contributed by atoms with Gasteiger partial charge < -0.3 is 5.32 Å². The summed E-state index contributed by atoms with van der Waals surface area (Å²) in [5, 5.41) is 3.47. The summed E-state index contributed by atoms with van der Waals surface area (Å²) >= 11 is 0. The van der Waals surface area contributed by atoms with Gasteiger partial charge in [0.15, 0.2) is 0 Å². The minimum absolute atomic E-state index is 0.193. The Morgan fingerprint density at radius 2 is 1.65 bits per heavy atom. The van der Waals surface area contributed by atoms with Gasteiger partial charge in [-0.3, -0.25) is 4.79 Å². The average Bonchev–Trinajstić information content (AvgIpc) is 3.04. The molecule has 0 radical (unpaired) electrons. The van der Waals surface area contributed by atoms with Crippen LogP contribution in [0.4, 0.5) is 0 Å².